The molecule has 10 nitrogen and oxygen atoms in total. The van der Waals surface area contributed by atoms with Crippen molar-refractivity contribution in [3.05, 3.63) is 70.1 Å². The van der Waals surface area contributed by atoms with Crippen LogP contribution in [0.15, 0.2) is 52.9 Å². The highest BCUT2D eigenvalue weighted by Gasteiger charge is 2.22. The zero-order valence-corrected chi connectivity index (χ0v) is 16.9. The molecule has 1 unspecified atom stereocenters. The van der Waals surface area contributed by atoms with Crippen molar-refractivity contribution in [3.8, 4) is 11.5 Å². The number of carbonyl (C=O) groups is 2. The molecule has 160 valence electrons. The SMILES string of the molecule is Cc1ccc(-c2nnc(CCC(=O)OC(C)C(=O)Nc3ccccc3[N+](=O)[O-])o2)cc1. The van der Waals surface area contributed by atoms with E-state index in [1.165, 1.54) is 25.1 Å². The van der Waals surface area contributed by atoms with E-state index in [1.54, 1.807) is 6.07 Å². The molecule has 1 aromatic heterocycles. The third kappa shape index (κ3) is 5.72. The Hall–Kier alpha value is -4.08. The van der Waals surface area contributed by atoms with Crippen LogP contribution in [-0.4, -0.2) is 33.1 Å². The number of nitrogens with one attached hydrogen (secondary N) is 1. The Labute approximate surface area is 177 Å². The van der Waals surface area contributed by atoms with Gasteiger partial charge in [-0.1, -0.05) is 29.8 Å². The quantitative estimate of drug-likeness (QED) is 0.330. The second kappa shape index (κ2) is 9.61. The highest BCUT2D eigenvalue weighted by Crippen LogP contribution is 2.23. The van der Waals surface area contributed by atoms with Crippen molar-refractivity contribution in [2.24, 2.45) is 0 Å². The van der Waals surface area contributed by atoms with Gasteiger partial charge < -0.3 is 14.5 Å². The van der Waals surface area contributed by atoms with Crippen LogP contribution in [-0.2, 0) is 20.7 Å². The average Bonchev–Trinajstić information content (AvgIpc) is 3.22. The minimum Gasteiger partial charge on any atom is -0.453 e. The van der Waals surface area contributed by atoms with E-state index in [0.29, 0.717) is 5.89 Å². The number of nitro groups is 1. The van der Waals surface area contributed by atoms with Crippen LogP contribution in [0.1, 0.15) is 24.8 Å². The summed E-state index contributed by atoms with van der Waals surface area (Å²) in [5.74, 6) is -0.701. The van der Waals surface area contributed by atoms with Crippen molar-refractivity contribution < 1.29 is 23.7 Å². The second-order valence-corrected chi connectivity index (χ2v) is 6.76. The van der Waals surface area contributed by atoms with Crippen LogP contribution in [0.3, 0.4) is 0 Å². The van der Waals surface area contributed by atoms with E-state index >= 15 is 0 Å². The van der Waals surface area contributed by atoms with Gasteiger partial charge in [0.1, 0.15) is 5.69 Å². The fraction of sp³-hybridized carbons (Fsp3) is 0.238. The smallest absolute Gasteiger partial charge is 0.307 e. The van der Waals surface area contributed by atoms with Gasteiger partial charge in [0.05, 0.1) is 11.3 Å². The number of anilines is 1. The molecule has 0 spiro atoms. The fourth-order valence-corrected chi connectivity index (χ4v) is 2.66. The lowest BCUT2D eigenvalue weighted by Crippen LogP contribution is -2.30. The molecule has 10 heteroatoms. The van der Waals surface area contributed by atoms with Crippen LogP contribution in [0.2, 0.25) is 0 Å². The van der Waals surface area contributed by atoms with E-state index in [2.05, 4.69) is 15.5 Å². The van der Waals surface area contributed by atoms with Crippen LogP contribution < -0.4 is 5.32 Å². The number of ether oxygens (including phenoxy) is 1. The summed E-state index contributed by atoms with van der Waals surface area (Å²) >= 11 is 0. The lowest BCUT2D eigenvalue weighted by atomic mass is 10.1. The normalized spacial score (nSPS) is 11.5. The van der Waals surface area contributed by atoms with Crippen molar-refractivity contribution in [1.82, 2.24) is 10.2 Å². The average molecular weight is 424 g/mol. The number of hydrogen-bond acceptors (Lipinski definition) is 8. The maximum atomic E-state index is 12.2. The molecule has 0 aliphatic carbocycles. The summed E-state index contributed by atoms with van der Waals surface area (Å²) in [6, 6.07) is 13.3. The van der Waals surface area contributed by atoms with Crippen molar-refractivity contribution in [2.45, 2.75) is 32.8 Å². The Morgan fingerprint density at radius 1 is 1.16 bits per heavy atom. The standard InChI is InChI=1S/C21H20N4O6/c1-13-7-9-15(10-8-13)21-24-23-18(31-21)11-12-19(26)30-14(2)20(27)22-16-5-3-4-6-17(16)25(28)29/h3-10,14H,11-12H2,1-2H3,(H,22,27). The third-order valence-electron chi connectivity index (χ3n) is 4.34. The molecule has 3 rings (SSSR count). The van der Waals surface area contributed by atoms with Gasteiger partial charge in [-0.25, -0.2) is 0 Å². The molecule has 0 aliphatic rings. The van der Waals surface area contributed by atoms with Gasteiger partial charge in [0.25, 0.3) is 11.6 Å². The van der Waals surface area contributed by atoms with E-state index in [9.17, 15) is 19.7 Å². The number of hydrogen-bond donors (Lipinski definition) is 1. The first kappa shape index (κ1) is 21.6. The molecule has 0 saturated heterocycles. The molecule has 0 fully saturated rings. The fourth-order valence-electron chi connectivity index (χ4n) is 2.66. The monoisotopic (exact) mass is 424 g/mol. The lowest BCUT2D eigenvalue weighted by Gasteiger charge is -2.13. The van der Waals surface area contributed by atoms with E-state index < -0.39 is 22.9 Å². The molecule has 1 N–H and O–H groups in total. The molecule has 2 aromatic carbocycles. The summed E-state index contributed by atoms with van der Waals surface area (Å²) in [5, 5.41) is 21.3. The van der Waals surface area contributed by atoms with Gasteiger partial charge in [-0.15, -0.1) is 10.2 Å². The van der Waals surface area contributed by atoms with Gasteiger partial charge in [-0.05, 0) is 32.0 Å². The van der Waals surface area contributed by atoms with Gasteiger partial charge in [0.15, 0.2) is 6.10 Å². The number of esters is 1. The topological polar surface area (TPSA) is 137 Å². The Morgan fingerprint density at radius 2 is 1.87 bits per heavy atom. The van der Waals surface area contributed by atoms with Crippen LogP contribution in [0.25, 0.3) is 11.5 Å². The van der Waals surface area contributed by atoms with Crippen LogP contribution in [0.5, 0.6) is 0 Å². The molecule has 1 amide bonds. The van der Waals surface area contributed by atoms with E-state index in [0.717, 1.165) is 11.1 Å². The zero-order valence-electron chi connectivity index (χ0n) is 16.9. The van der Waals surface area contributed by atoms with Crippen molar-refractivity contribution in [3.63, 3.8) is 0 Å². The highest BCUT2D eigenvalue weighted by molar-refractivity contribution is 5.96. The van der Waals surface area contributed by atoms with Gasteiger partial charge in [0.2, 0.25) is 11.8 Å². The molecule has 0 saturated carbocycles. The molecule has 0 bridgehead atoms. The highest BCUT2D eigenvalue weighted by atomic mass is 16.6. The van der Waals surface area contributed by atoms with Crippen molar-refractivity contribution in [2.75, 3.05) is 5.32 Å². The Morgan fingerprint density at radius 3 is 2.58 bits per heavy atom. The Balaban J connectivity index is 1.51. The number of aryl methyl sites for hydroxylation is 2. The predicted octanol–water partition coefficient (Wildman–Crippen LogP) is 3.46. The first-order chi connectivity index (χ1) is 14.8. The molecule has 0 aliphatic heterocycles. The summed E-state index contributed by atoms with van der Waals surface area (Å²) < 4.78 is 10.7. The number of nitro benzene ring substituents is 1. The van der Waals surface area contributed by atoms with Gasteiger partial charge >= 0.3 is 5.97 Å². The number of nitrogens with zero attached hydrogens (tertiary/aromatic N) is 3. The van der Waals surface area contributed by atoms with Gasteiger partial charge in [-0.2, -0.15) is 0 Å². The minimum atomic E-state index is -1.14. The third-order valence-corrected chi connectivity index (χ3v) is 4.34. The number of amides is 1. The van der Waals surface area contributed by atoms with Crippen LogP contribution in [0, 0.1) is 17.0 Å². The van der Waals surface area contributed by atoms with E-state index in [1.807, 2.05) is 31.2 Å². The van der Waals surface area contributed by atoms with Crippen LogP contribution >= 0.6 is 0 Å². The van der Waals surface area contributed by atoms with Gasteiger partial charge in [-0.3, -0.25) is 19.7 Å². The Kier molecular flexibility index (Phi) is 6.71. The summed E-state index contributed by atoms with van der Waals surface area (Å²) in [7, 11) is 0. The number of benzene rings is 2. The molecule has 1 atom stereocenters. The zero-order chi connectivity index (χ0) is 22.4. The number of para-hydroxylation sites is 2. The summed E-state index contributed by atoms with van der Waals surface area (Å²) in [6.07, 6.45) is -1.06. The van der Waals surface area contributed by atoms with E-state index in [-0.39, 0.29) is 30.1 Å². The molecule has 31 heavy (non-hydrogen) atoms. The summed E-state index contributed by atoms with van der Waals surface area (Å²) in [4.78, 5) is 34.7. The van der Waals surface area contributed by atoms with Crippen molar-refractivity contribution >= 4 is 23.3 Å². The van der Waals surface area contributed by atoms with Crippen molar-refractivity contribution in [1.29, 1.82) is 0 Å². The lowest BCUT2D eigenvalue weighted by molar-refractivity contribution is -0.383. The number of carbonyl (C=O) groups excluding carboxylic acids is 2. The summed E-state index contributed by atoms with van der Waals surface area (Å²) in [6.45, 7) is 3.35. The molecular formula is C21H20N4O6. The summed E-state index contributed by atoms with van der Waals surface area (Å²) in [5.41, 5.74) is 1.64. The second-order valence-electron chi connectivity index (χ2n) is 6.76. The van der Waals surface area contributed by atoms with Crippen LogP contribution in [0.4, 0.5) is 11.4 Å². The molecule has 0 radical (unpaired) electrons. The predicted molar refractivity (Wildman–Crippen MR) is 110 cm³/mol. The molecular weight excluding hydrogens is 404 g/mol. The molecule has 1 heterocycles. The Bertz CT molecular complexity index is 1090. The largest absolute Gasteiger partial charge is 0.453 e. The van der Waals surface area contributed by atoms with Gasteiger partial charge in [0, 0.05) is 18.1 Å². The first-order valence-corrected chi connectivity index (χ1v) is 9.46. The number of rotatable bonds is 8. The maximum Gasteiger partial charge on any atom is 0.307 e. The first-order valence-electron chi connectivity index (χ1n) is 9.46. The van der Waals surface area contributed by atoms with E-state index in [4.69, 9.17) is 9.15 Å². The minimum absolute atomic E-state index is 0.0231. The number of aromatic nitrogens is 2. The molecule has 3 aromatic rings. The maximum absolute atomic E-state index is 12.2.